The fourth-order valence-electron chi connectivity index (χ4n) is 3.74. The summed E-state index contributed by atoms with van der Waals surface area (Å²) in [6.07, 6.45) is 7.55. The molecule has 1 heterocycles. The first-order chi connectivity index (χ1) is 7.38. The van der Waals surface area contributed by atoms with Gasteiger partial charge in [0.15, 0.2) is 0 Å². The zero-order chi connectivity index (χ0) is 10.3. The Morgan fingerprint density at radius 2 is 2.33 bits per heavy atom. The maximum atomic E-state index is 5.54. The van der Waals surface area contributed by atoms with Gasteiger partial charge >= 0.3 is 0 Å². The summed E-state index contributed by atoms with van der Waals surface area (Å²) >= 11 is 0. The standard InChI is InChI=1S/C13H19NO/c1-14-13(12-3-2-6-15-12)11-8-9-4-5-10(11)7-9/h2-3,6,9-11,13-14H,4-5,7-8H2,1H3. The lowest BCUT2D eigenvalue weighted by Crippen LogP contribution is -2.28. The molecule has 0 radical (unpaired) electrons. The van der Waals surface area contributed by atoms with Crippen LogP contribution in [0.2, 0.25) is 0 Å². The second-order valence-electron chi connectivity index (χ2n) is 5.12. The molecule has 2 heteroatoms. The molecule has 0 saturated heterocycles. The molecule has 0 aromatic carbocycles. The number of hydrogen-bond acceptors (Lipinski definition) is 2. The molecule has 1 N–H and O–H groups in total. The molecule has 4 atom stereocenters. The molecule has 1 aromatic rings. The first kappa shape index (κ1) is 9.46. The third-order valence-corrected chi connectivity index (χ3v) is 4.38. The summed E-state index contributed by atoms with van der Waals surface area (Å²) in [5, 5.41) is 3.44. The highest BCUT2D eigenvalue weighted by Crippen LogP contribution is 2.52. The van der Waals surface area contributed by atoms with Gasteiger partial charge in [0.25, 0.3) is 0 Å². The van der Waals surface area contributed by atoms with E-state index in [4.69, 9.17) is 4.42 Å². The lowest BCUT2D eigenvalue weighted by atomic mass is 9.82. The van der Waals surface area contributed by atoms with Gasteiger partial charge in [-0.1, -0.05) is 6.42 Å². The van der Waals surface area contributed by atoms with Gasteiger partial charge in [-0.05, 0) is 56.2 Å². The van der Waals surface area contributed by atoms with Gasteiger partial charge in [-0.2, -0.15) is 0 Å². The highest BCUT2D eigenvalue weighted by Gasteiger charge is 2.43. The molecule has 1 aromatic heterocycles. The van der Waals surface area contributed by atoms with Crippen molar-refractivity contribution in [2.45, 2.75) is 31.7 Å². The van der Waals surface area contributed by atoms with Crippen LogP contribution in [-0.2, 0) is 0 Å². The number of nitrogens with one attached hydrogen (secondary N) is 1. The summed E-state index contributed by atoms with van der Waals surface area (Å²) in [4.78, 5) is 0. The van der Waals surface area contributed by atoms with Gasteiger partial charge in [0.05, 0.1) is 12.3 Å². The van der Waals surface area contributed by atoms with E-state index in [1.807, 2.05) is 6.07 Å². The van der Waals surface area contributed by atoms with Gasteiger partial charge < -0.3 is 9.73 Å². The van der Waals surface area contributed by atoms with Crippen molar-refractivity contribution in [2.24, 2.45) is 17.8 Å². The second-order valence-corrected chi connectivity index (χ2v) is 5.12. The zero-order valence-corrected chi connectivity index (χ0v) is 9.28. The van der Waals surface area contributed by atoms with Crippen LogP contribution in [0.1, 0.15) is 37.5 Å². The molecule has 2 bridgehead atoms. The molecule has 4 unspecified atom stereocenters. The molecule has 82 valence electrons. The van der Waals surface area contributed by atoms with Crippen molar-refractivity contribution in [2.75, 3.05) is 7.05 Å². The number of furan rings is 1. The van der Waals surface area contributed by atoms with Gasteiger partial charge in [-0.3, -0.25) is 0 Å². The van der Waals surface area contributed by atoms with E-state index in [1.54, 1.807) is 6.26 Å². The summed E-state index contributed by atoms with van der Waals surface area (Å²) in [5.41, 5.74) is 0. The predicted molar refractivity (Wildman–Crippen MR) is 59.4 cm³/mol. The molecule has 2 nitrogen and oxygen atoms in total. The Bertz CT molecular complexity index is 319. The molecular formula is C13H19NO. The zero-order valence-electron chi connectivity index (χ0n) is 9.28. The molecule has 0 spiro atoms. The molecule has 0 aliphatic heterocycles. The lowest BCUT2D eigenvalue weighted by Gasteiger charge is -2.28. The Hall–Kier alpha value is -0.760. The van der Waals surface area contributed by atoms with Crippen LogP contribution in [0.5, 0.6) is 0 Å². The largest absolute Gasteiger partial charge is 0.468 e. The van der Waals surface area contributed by atoms with E-state index < -0.39 is 0 Å². The van der Waals surface area contributed by atoms with Crippen LogP contribution in [0, 0.1) is 17.8 Å². The summed E-state index contributed by atoms with van der Waals surface area (Å²) in [5.74, 6) is 3.87. The van der Waals surface area contributed by atoms with Crippen LogP contribution in [-0.4, -0.2) is 7.05 Å². The Morgan fingerprint density at radius 1 is 1.40 bits per heavy atom. The molecule has 2 aliphatic carbocycles. The first-order valence-electron chi connectivity index (χ1n) is 6.09. The van der Waals surface area contributed by atoms with Crippen molar-refractivity contribution < 1.29 is 4.42 Å². The third-order valence-electron chi connectivity index (χ3n) is 4.38. The highest BCUT2D eigenvalue weighted by molar-refractivity contribution is 5.09. The Morgan fingerprint density at radius 3 is 2.87 bits per heavy atom. The topological polar surface area (TPSA) is 25.2 Å². The van der Waals surface area contributed by atoms with Crippen LogP contribution in [0.4, 0.5) is 0 Å². The van der Waals surface area contributed by atoms with Crippen LogP contribution in [0.15, 0.2) is 22.8 Å². The van der Waals surface area contributed by atoms with Gasteiger partial charge in [-0.25, -0.2) is 0 Å². The number of fused-ring (bicyclic) bond motifs is 2. The molecule has 15 heavy (non-hydrogen) atoms. The van der Waals surface area contributed by atoms with Crippen molar-refractivity contribution in [1.29, 1.82) is 0 Å². The molecule has 2 aliphatic rings. The third kappa shape index (κ3) is 1.51. The van der Waals surface area contributed by atoms with E-state index in [0.717, 1.165) is 23.5 Å². The Balaban J connectivity index is 1.80. The number of rotatable bonds is 3. The average Bonchev–Trinajstić information content (AvgIpc) is 2.94. The summed E-state index contributed by atoms with van der Waals surface area (Å²) < 4.78 is 5.54. The van der Waals surface area contributed by atoms with Crippen LogP contribution < -0.4 is 5.32 Å². The smallest absolute Gasteiger partial charge is 0.120 e. The molecular weight excluding hydrogens is 186 g/mol. The maximum Gasteiger partial charge on any atom is 0.120 e. The normalized spacial score (nSPS) is 35.9. The first-order valence-corrected chi connectivity index (χ1v) is 6.09. The fraction of sp³-hybridized carbons (Fsp3) is 0.692. The van der Waals surface area contributed by atoms with Gasteiger partial charge in [0, 0.05) is 0 Å². The van der Waals surface area contributed by atoms with E-state index >= 15 is 0 Å². The SMILES string of the molecule is CNC(c1ccco1)C1CC2CCC1C2. The lowest BCUT2D eigenvalue weighted by molar-refractivity contribution is 0.234. The monoisotopic (exact) mass is 205 g/mol. The fourth-order valence-corrected chi connectivity index (χ4v) is 3.74. The molecule has 2 saturated carbocycles. The Labute approximate surface area is 91.0 Å². The Kier molecular flexibility index (Phi) is 2.32. The van der Waals surface area contributed by atoms with Gasteiger partial charge in [0.2, 0.25) is 0 Å². The molecule has 3 rings (SSSR count). The van der Waals surface area contributed by atoms with E-state index in [0.29, 0.717) is 6.04 Å². The predicted octanol–water partition coefficient (Wildman–Crippen LogP) is 2.98. The molecule has 0 amide bonds. The summed E-state index contributed by atoms with van der Waals surface area (Å²) in [6, 6.07) is 4.54. The van der Waals surface area contributed by atoms with E-state index in [-0.39, 0.29) is 0 Å². The van der Waals surface area contributed by atoms with Crippen LogP contribution in [0.3, 0.4) is 0 Å². The summed E-state index contributed by atoms with van der Waals surface area (Å²) in [6.45, 7) is 0. The van der Waals surface area contributed by atoms with Crippen molar-refractivity contribution >= 4 is 0 Å². The van der Waals surface area contributed by atoms with E-state index in [1.165, 1.54) is 25.7 Å². The minimum absolute atomic E-state index is 0.440. The number of hydrogen-bond donors (Lipinski definition) is 1. The average molecular weight is 205 g/mol. The maximum absolute atomic E-state index is 5.54. The van der Waals surface area contributed by atoms with Crippen molar-refractivity contribution in [3.05, 3.63) is 24.2 Å². The molecule has 2 fully saturated rings. The van der Waals surface area contributed by atoms with E-state index in [9.17, 15) is 0 Å². The quantitative estimate of drug-likeness (QED) is 0.820. The van der Waals surface area contributed by atoms with Crippen molar-refractivity contribution in [1.82, 2.24) is 5.32 Å². The minimum Gasteiger partial charge on any atom is -0.468 e. The van der Waals surface area contributed by atoms with Crippen molar-refractivity contribution in [3.63, 3.8) is 0 Å². The van der Waals surface area contributed by atoms with Gasteiger partial charge in [0.1, 0.15) is 5.76 Å². The van der Waals surface area contributed by atoms with Gasteiger partial charge in [-0.15, -0.1) is 0 Å². The van der Waals surface area contributed by atoms with Crippen LogP contribution in [0.25, 0.3) is 0 Å². The van der Waals surface area contributed by atoms with Crippen molar-refractivity contribution in [3.8, 4) is 0 Å². The summed E-state index contributed by atoms with van der Waals surface area (Å²) in [7, 11) is 2.05. The highest BCUT2D eigenvalue weighted by atomic mass is 16.3. The van der Waals surface area contributed by atoms with E-state index in [2.05, 4.69) is 18.4 Å². The van der Waals surface area contributed by atoms with Crippen LogP contribution >= 0.6 is 0 Å². The second kappa shape index (κ2) is 3.67. The minimum atomic E-state index is 0.440.